The first kappa shape index (κ1) is 21.3. The Morgan fingerprint density at radius 1 is 1.10 bits per heavy atom. The van der Waals surface area contributed by atoms with Gasteiger partial charge in [0.1, 0.15) is 0 Å². The fourth-order valence-electron chi connectivity index (χ4n) is 3.11. The zero-order valence-electron chi connectivity index (χ0n) is 17.6. The Hall–Kier alpha value is -2.97. The van der Waals surface area contributed by atoms with Gasteiger partial charge in [0.25, 0.3) is 0 Å². The van der Waals surface area contributed by atoms with Crippen molar-refractivity contribution in [1.29, 1.82) is 0 Å². The van der Waals surface area contributed by atoms with Gasteiger partial charge in [-0.3, -0.25) is 14.3 Å². The van der Waals surface area contributed by atoms with Crippen LogP contribution >= 0.6 is 23.1 Å². The minimum Gasteiger partial charge on any atom is -0.340 e. The van der Waals surface area contributed by atoms with Gasteiger partial charge in [-0.1, -0.05) is 23.9 Å². The van der Waals surface area contributed by atoms with E-state index in [0.717, 1.165) is 17.1 Å². The maximum Gasteiger partial charge on any atom is 0.233 e. The summed E-state index contributed by atoms with van der Waals surface area (Å²) in [5.41, 5.74) is 4.31. The first-order valence-corrected chi connectivity index (χ1v) is 11.7. The van der Waals surface area contributed by atoms with E-state index >= 15 is 0 Å². The van der Waals surface area contributed by atoms with Crippen LogP contribution in [-0.4, -0.2) is 43.4 Å². The van der Waals surface area contributed by atoms with Gasteiger partial charge in [-0.25, -0.2) is 0 Å². The van der Waals surface area contributed by atoms with Crippen LogP contribution in [0.15, 0.2) is 65.4 Å². The quantitative estimate of drug-likeness (QED) is 0.381. The van der Waals surface area contributed by atoms with E-state index in [2.05, 4.69) is 47.2 Å². The van der Waals surface area contributed by atoms with Crippen LogP contribution < -0.4 is 0 Å². The molecular weight excluding hydrogens is 426 g/mol. The Labute approximate surface area is 190 Å². The van der Waals surface area contributed by atoms with Crippen LogP contribution in [-0.2, 0) is 11.3 Å². The summed E-state index contributed by atoms with van der Waals surface area (Å²) in [5.74, 6) is 1.08. The average Bonchev–Trinajstić information content (AvgIpc) is 3.44. The lowest BCUT2D eigenvalue weighted by molar-refractivity contribution is -0.127. The molecule has 3 aromatic heterocycles. The number of carbonyl (C=O) groups is 1. The molecule has 0 radical (unpaired) electrons. The molecule has 0 aliphatic heterocycles. The Kier molecular flexibility index (Phi) is 6.48. The molecule has 4 aromatic rings. The third-order valence-electron chi connectivity index (χ3n) is 5.04. The number of thioether (sulfide) groups is 1. The molecule has 8 heteroatoms. The van der Waals surface area contributed by atoms with Crippen molar-refractivity contribution in [1.82, 2.24) is 24.6 Å². The molecule has 6 nitrogen and oxygen atoms in total. The Balaban J connectivity index is 1.60. The van der Waals surface area contributed by atoms with Crippen molar-refractivity contribution in [2.45, 2.75) is 25.5 Å². The van der Waals surface area contributed by atoms with E-state index < -0.39 is 0 Å². The summed E-state index contributed by atoms with van der Waals surface area (Å²) in [6, 6.07) is 14.1. The van der Waals surface area contributed by atoms with Gasteiger partial charge in [0.15, 0.2) is 11.0 Å². The number of hydrogen-bond donors (Lipinski definition) is 0. The molecule has 0 spiro atoms. The number of amides is 1. The Morgan fingerprint density at radius 3 is 2.61 bits per heavy atom. The second kappa shape index (κ2) is 9.45. The number of hydrogen-bond acceptors (Lipinski definition) is 6. The predicted octanol–water partition coefficient (Wildman–Crippen LogP) is 4.76. The van der Waals surface area contributed by atoms with Crippen molar-refractivity contribution in [3.63, 3.8) is 0 Å². The summed E-state index contributed by atoms with van der Waals surface area (Å²) in [6.07, 6.45) is 3.48. The molecule has 0 bridgehead atoms. The van der Waals surface area contributed by atoms with Gasteiger partial charge in [0.2, 0.25) is 5.91 Å². The molecular formula is C23H23N5OS2. The summed E-state index contributed by atoms with van der Waals surface area (Å²) in [5, 5.41) is 11.6. The topological polar surface area (TPSA) is 63.9 Å². The van der Waals surface area contributed by atoms with Crippen LogP contribution in [0.5, 0.6) is 0 Å². The molecule has 0 saturated carbocycles. The van der Waals surface area contributed by atoms with Gasteiger partial charge in [0, 0.05) is 29.9 Å². The van der Waals surface area contributed by atoms with Gasteiger partial charge in [-0.2, -0.15) is 0 Å². The highest BCUT2D eigenvalue weighted by Crippen LogP contribution is 2.29. The molecule has 0 unspecified atom stereocenters. The minimum absolute atomic E-state index is 0.0542. The fraction of sp³-hybridized carbons (Fsp3) is 0.217. The van der Waals surface area contributed by atoms with E-state index in [9.17, 15) is 4.79 Å². The van der Waals surface area contributed by atoms with Crippen molar-refractivity contribution in [3.8, 4) is 17.1 Å². The van der Waals surface area contributed by atoms with Crippen LogP contribution in [0.4, 0.5) is 0 Å². The van der Waals surface area contributed by atoms with Crippen LogP contribution in [0, 0.1) is 13.8 Å². The zero-order chi connectivity index (χ0) is 21.8. The summed E-state index contributed by atoms with van der Waals surface area (Å²) in [4.78, 5) is 19.7. The molecule has 1 amide bonds. The molecule has 0 atom stereocenters. The highest BCUT2D eigenvalue weighted by Gasteiger charge is 2.19. The van der Waals surface area contributed by atoms with Gasteiger partial charge in [-0.05, 0) is 60.7 Å². The zero-order valence-corrected chi connectivity index (χ0v) is 19.3. The van der Waals surface area contributed by atoms with E-state index in [0.29, 0.717) is 17.5 Å². The van der Waals surface area contributed by atoms with Crippen LogP contribution in [0.25, 0.3) is 17.1 Å². The number of pyridine rings is 1. The van der Waals surface area contributed by atoms with E-state index in [1.54, 1.807) is 28.6 Å². The highest BCUT2D eigenvalue weighted by atomic mass is 32.2. The minimum atomic E-state index is 0.0542. The van der Waals surface area contributed by atoms with E-state index in [-0.39, 0.29) is 5.91 Å². The van der Waals surface area contributed by atoms with E-state index in [4.69, 9.17) is 0 Å². The largest absolute Gasteiger partial charge is 0.340 e. The number of carbonyl (C=O) groups excluding carboxylic acids is 1. The SMILES string of the molecule is Cc1ccc(-n2c(SCC(=O)N(C)Cc3cccs3)nnc2-c2ccncc2)cc1C. The summed E-state index contributed by atoms with van der Waals surface area (Å²) >= 11 is 3.06. The molecule has 0 aliphatic carbocycles. The first-order chi connectivity index (χ1) is 15.0. The number of aryl methyl sites for hydroxylation is 2. The molecule has 31 heavy (non-hydrogen) atoms. The average molecular weight is 450 g/mol. The van der Waals surface area contributed by atoms with E-state index in [1.807, 2.05) is 41.3 Å². The normalized spacial score (nSPS) is 10.9. The van der Waals surface area contributed by atoms with Crippen molar-refractivity contribution < 1.29 is 4.79 Å². The van der Waals surface area contributed by atoms with Crippen molar-refractivity contribution >= 4 is 29.0 Å². The smallest absolute Gasteiger partial charge is 0.233 e. The summed E-state index contributed by atoms with van der Waals surface area (Å²) in [7, 11) is 1.83. The maximum atomic E-state index is 12.7. The maximum absolute atomic E-state index is 12.7. The fourth-order valence-corrected chi connectivity index (χ4v) is 4.76. The second-order valence-electron chi connectivity index (χ2n) is 7.26. The number of thiophene rings is 1. The summed E-state index contributed by atoms with van der Waals surface area (Å²) in [6.45, 7) is 4.79. The monoisotopic (exact) mass is 449 g/mol. The summed E-state index contributed by atoms with van der Waals surface area (Å²) < 4.78 is 2.01. The Morgan fingerprint density at radius 2 is 1.90 bits per heavy atom. The molecule has 158 valence electrons. The third-order valence-corrected chi connectivity index (χ3v) is 6.82. The number of rotatable bonds is 7. The molecule has 1 aromatic carbocycles. The molecule has 0 saturated heterocycles. The lowest BCUT2D eigenvalue weighted by atomic mass is 10.1. The van der Waals surface area contributed by atoms with Crippen LogP contribution in [0.3, 0.4) is 0 Å². The van der Waals surface area contributed by atoms with Crippen LogP contribution in [0.2, 0.25) is 0 Å². The molecule has 0 N–H and O–H groups in total. The second-order valence-corrected chi connectivity index (χ2v) is 9.24. The number of aromatic nitrogens is 4. The third kappa shape index (κ3) is 4.86. The Bertz CT molecular complexity index is 1170. The van der Waals surface area contributed by atoms with Gasteiger partial charge in [-0.15, -0.1) is 21.5 Å². The lowest BCUT2D eigenvalue weighted by Gasteiger charge is -2.16. The first-order valence-electron chi connectivity index (χ1n) is 9.85. The number of nitrogens with zero attached hydrogens (tertiary/aromatic N) is 5. The standard InChI is InChI=1S/C23H23N5OS2/c1-16-6-7-19(13-17(16)2)28-22(18-8-10-24-11-9-18)25-26-23(28)31-15-21(29)27(3)14-20-5-4-12-30-20/h4-13H,14-15H2,1-3H3. The molecule has 0 fully saturated rings. The van der Waals surface area contributed by atoms with Gasteiger partial charge >= 0.3 is 0 Å². The highest BCUT2D eigenvalue weighted by molar-refractivity contribution is 7.99. The van der Waals surface area contributed by atoms with Crippen molar-refractivity contribution in [2.75, 3.05) is 12.8 Å². The molecule has 0 aliphatic rings. The molecule has 3 heterocycles. The van der Waals surface area contributed by atoms with Gasteiger partial charge in [0.05, 0.1) is 18.0 Å². The van der Waals surface area contributed by atoms with E-state index in [1.165, 1.54) is 27.8 Å². The predicted molar refractivity (Wildman–Crippen MR) is 126 cm³/mol. The van der Waals surface area contributed by atoms with Crippen molar-refractivity contribution in [2.24, 2.45) is 0 Å². The molecule has 4 rings (SSSR count). The van der Waals surface area contributed by atoms with Crippen molar-refractivity contribution in [3.05, 3.63) is 76.2 Å². The number of benzene rings is 1. The van der Waals surface area contributed by atoms with Crippen LogP contribution in [0.1, 0.15) is 16.0 Å². The van der Waals surface area contributed by atoms with Gasteiger partial charge < -0.3 is 4.90 Å². The lowest BCUT2D eigenvalue weighted by Crippen LogP contribution is -2.27.